The first-order valence-corrected chi connectivity index (χ1v) is 9.91. The van der Waals surface area contributed by atoms with Crippen LogP contribution in [-0.4, -0.2) is 9.97 Å². The van der Waals surface area contributed by atoms with Gasteiger partial charge in [-0.1, -0.05) is 6.42 Å². The van der Waals surface area contributed by atoms with E-state index in [4.69, 9.17) is 4.42 Å². The third kappa shape index (κ3) is 2.90. The first kappa shape index (κ1) is 16.4. The van der Waals surface area contributed by atoms with E-state index in [1.165, 1.54) is 35.4 Å². The number of nitrogens with zero attached hydrogens (tertiary/aromatic N) is 1. The van der Waals surface area contributed by atoms with Crippen LogP contribution in [0.4, 0.5) is 4.39 Å². The largest absolute Gasteiger partial charge is 0.453 e. The van der Waals surface area contributed by atoms with Crippen molar-refractivity contribution >= 4 is 21.6 Å². The molecule has 27 heavy (non-hydrogen) atoms. The molecule has 0 unspecified atom stereocenters. The molecule has 0 bridgehead atoms. The van der Waals surface area contributed by atoms with Crippen molar-refractivity contribution in [3.05, 3.63) is 63.0 Å². The Hall–Kier alpha value is -2.73. The fraction of sp³-hybridized carbons (Fsp3) is 0.238. The van der Waals surface area contributed by atoms with Gasteiger partial charge in [0, 0.05) is 10.4 Å². The van der Waals surface area contributed by atoms with Crippen LogP contribution in [0, 0.1) is 5.82 Å². The van der Waals surface area contributed by atoms with Gasteiger partial charge in [-0.3, -0.25) is 4.79 Å². The van der Waals surface area contributed by atoms with E-state index in [-0.39, 0.29) is 11.4 Å². The second-order valence-electron chi connectivity index (χ2n) is 6.83. The van der Waals surface area contributed by atoms with Crippen molar-refractivity contribution in [2.75, 3.05) is 0 Å². The topological polar surface area (TPSA) is 58.9 Å². The van der Waals surface area contributed by atoms with E-state index >= 15 is 0 Å². The molecular weight excluding hydrogens is 363 g/mol. The first-order chi connectivity index (χ1) is 13.2. The van der Waals surface area contributed by atoms with E-state index in [0.717, 1.165) is 35.0 Å². The molecule has 4 nitrogen and oxygen atoms in total. The van der Waals surface area contributed by atoms with Gasteiger partial charge in [0.05, 0.1) is 5.39 Å². The fourth-order valence-corrected chi connectivity index (χ4v) is 4.95. The van der Waals surface area contributed by atoms with Crippen LogP contribution in [0.1, 0.15) is 29.7 Å². The maximum Gasteiger partial charge on any atom is 0.260 e. The SMILES string of the molecule is O=c1[nH]c(-c2ccc(-c3ccc(F)cc3)o2)nc2sc3c(c12)CCCCC3. The Morgan fingerprint density at radius 3 is 2.63 bits per heavy atom. The molecular formula is C21H17FN2O2S. The Morgan fingerprint density at radius 2 is 1.78 bits per heavy atom. The predicted octanol–water partition coefficient (Wildman–Crippen LogP) is 5.32. The predicted molar refractivity (Wildman–Crippen MR) is 105 cm³/mol. The molecule has 0 fully saturated rings. The summed E-state index contributed by atoms with van der Waals surface area (Å²) in [5.74, 6) is 1.24. The second kappa shape index (κ2) is 6.46. The minimum Gasteiger partial charge on any atom is -0.453 e. The zero-order valence-electron chi connectivity index (χ0n) is 14.5. The van der Waals surface area contributed by atoms with Crippen LogP contribution < -0.4 is 5.56 Å². The van der Waals surface area contributed by atoms with Gasteiger partial charge < -0.3 is 9.40 Å². The molecule has 1 aliphatic rings. The Balaban J connectivity index is 1.58. The molecule has 0 amide bonds. The van der Waals surface area contributed by atoms with Gasteiger partial charge in [0.2, 0.25) is 0 Å². The third-order valence-corrected chi connectivity index (χ3v) is 6.23. The molecule has 0 saturated heterocycles. The molecule has 3 heterocycles. The Morgan fingerprint density at radius 1 is 1.00 bits per heavy atom. The van der Waals surface area contributed by atoms with Crippen molar-refractivity contribution in [3.8, 4) is 22.9 Å². The lowest BCUT2D eigenvalue weighted by Gasteiger charge is -2.00. The van der Waals surface area contributed by atoms with E-state index in [0.29, 0.717) is 17.3 Å². The van der Waals surface area contributed by atoms with Gasteiger partial charge in [0.15, 0.2) is 11.6 Å². The summed E-state index contributed by atoms with van der Waals surface area (Å²) in [6.45, 7) is 0. The molecule has 136 valence electrons. The summed E-state index contributed by atoms with van der Waals surface area (Å²) < 4.78 is 19.0. The molecule has 1 aliphatic carbocycles. The van der Waals surface area contributed by atoms with Crippen molar-refractivity contribution in [3.63, 3.8) is 0 Å². The van der Waals surface area contributed by atoms with E-state index in [9.17, 15) is 9.18 Å². The molecule has 0 spiro atoms. The summed E-state index contributed by atoms with van der Waals surface area (Å²) in [6.07, 6.45) is 5.49. The number of nitrogens with one attached hydrogen (secondary N) is 1. The number of fused-ring (bicyclic) bond motifs is 3. The summed E-state index contributed by atoms with van der Waals surface area (Å²) >= 11 is 1.63. The number of hydrogen-bond acceptors (Lipinski definition) is 4. The average molecular weight is 380 g/mol. The Labute approximate surface area is 158 Å². The van der Waals surface area contributed by atoms with Crippen LogP contribution in [0.3, 0.4) is 0 Å². The smallest absolute Gasteiger partial charge is 0.260 e. The van der Waals surface area contributed by atoms with Crippen molar-refractivity contribution in [2.24, 2.45) is 0 Å². The van der Waals surface area contributed by atoms with Crippen molar-refractivity contribution in [1.29, 1.82) is 0 Å². The fourth-order valence-electron chi connectivity index (χ4n) is 3.69. The number of halogens is 1. The summed E-state index contributed by atoms with van der Waals surface area (Å²) in [6, 6.07) is 9.68. The highest BCUT2D eigenvalue weighted by molar-refractivity contribution is 7.18. The molecule has 0 saturated carbocycles. The van der Waals surface area contributed by atoms with Gasteiger partial charge in [0.1, 0.15) is 16.4 Å². The number of benzene rings is 1. The standard InChI is InChI=1S/C21H17FN2O2S/c22-13-8-6-12(7-9-13)15-10-11-16(26-15)19-23-20(25)18-14-4-2-1-3-5-17(14)27-21(18)24-19/h6-11H,1-5H2,(H,23,24,25). The lowest BCUT2D eigenvalue weighted by molar-refractivity contribution is 0.591. The van der Waals surface area contributed by atoms with Crippen molar-refractivity contribution in [2.45, 2.75) is 32.1 Å². The van der Waals surface area contributed by atoms with Crippen LogP contribution in [-0.2, 0) is 12.8 Å². The van der Waals surface area contributed by atoms with Gasteiger partial charge in [-0.25, -0.2) is 9.37 Å². The number of thiophene rings is 1. The lowest BCUT2D eigenvalue weighted by Crippen LogP contribution is -2.09. The quantitative estimate of drug-likeness (QED) is 0.479. The Bertz CT molecular complexity index is 1190. The number of aromatic amines is 1. The van der Waals surface area contributed by atoms with E-state index in [2.05, 4.69) is 9.97 Å². The minimum atomic E-state index is -0.292. The normalized spacial score (nSPS) is 14.3. The zero-order valence-corrected chi connectivity index (χ0v) is 15.4. The van der Waals surface area contributed by atoms with Crippen LogP contribution in [0.5, 0.6) is 0 Å². The molecule has 1 aromatic carbocycles. The molecule has 4 aromatic rings. The number of furan rings is 1. The van der Waals surface area contributed by atoms with Crippen LogP contribution in [0.2, 0.25) is 0 Å². The lowest BCUT2D eigenvalue weighted by atomic mass is 10.1. The highest BCUT2D eigenvalue weighted by Gasteiger charge is 2.20. The van der Waals surface area contributed by atoms with Crippen LogP contribution in [0.25, 0.3) is 33.1 Å². The van der Waals surface area contributed by atoms with Crippen molar-refractivity contribution in [1.82, 2.24) is 9.97 Å². The maximum atomic E-state index is 13.1. The Kier molecular flexibility index (Phi) is 3.93. The van der Waals surface area contributed by atoms with Gasteiger partial charge in [-0.15, -0.1) is 11.3 Å². The van der Waals surface area contributed by atoms with Gasteiger partial charge >= 0.3 is 0 Å². The number of aromatic nitrogens is 2. The molecule has 5 rings (SSSR count). The molecule has 0 aliphatic heterocycles. The number of rotatable bonds is 2. The number of aryl methyl sites for hydroxylation is 2. The summed E-state index contributed by atoms with van der Waals surface area (Å²) in [5, 5.41) is 0.742. The van der Waals surface area contributed by atoms with Crippen LogP contribution >= 0.6 is 11.3 Å². The molecule has 1 N–H and O–H groups in total. The van der Waals surface area contributed by atoms with Gasteiger partial charge in [0.25, 0.3) is 5.56 Å². The third-order valence-electron chi connectivity index (χ3n) is 5.04. The van der Waals surface area contributed by atoms with Gasteiger partial charge in [-0.2, -0.15) is 0 Å². The molecule has 6 heteroatoms. The number of hydrogen-bond donors (Lipinski definition) is 1. The summed E-state index contributed by atoms with van der Waals surface area (Å²) in [7, 11) is 0. The number of H-pyrrole nitrogens is 1. The zero-order chi connectivity index (χ0) is 18.4. The molecule has 0 radical (unpaired) electrons. The van der Waals surface area contributed by atoms with E-state index in [1.54, 1.807) is 35.6 Å². The minimum absolute atomic E-state index is 0.103. The van der Waals surface area contributed by atoms with E-state index in [1.807, 2.05) is 0 Å². The van der Waals surface area contributed by atoms with E-state index < -0.39 is 0 Å². The summed E-state index contributed by atoms with van der Waals surface area (Å²) in [4.78, 5) is 22.4. The first-order valence-electron chi connectivity index (χ1n) is 9.10. The maximum absolute atomic E-state index is 13.1. The second-order valence-corrected chi connectivity index (χ2v) is 7.91. The average Bonchev–Trinajstić information content (AvgIpc) is 3.22. The highest BCUT2D eigenvalue weighted by Crippen LogP contribution is 2.34. The van der Waals surface area contributed by atoms with Gasteiger partial charge in [-0.05, 0) is 67.6 Å². The highest BCUT2D eigenvalue weighted by atomic mass is 32.1. The molecule has 3 aromatic heterocycles. The molecule has 0 atom stereocenters. The van der Waals surface area contributed by atoms with Crippen LogP contribution in [0.15, 0.2) is 45.6 Å². The monoisotopic (exact) mass is 380 g/mol. The summed E-state index contributed by atoms with van der Waals surface area (Å²) in [5.41, 5.74) is 1.85. The van der Waals surface area contributed by atoms with Crippen molar-refractivity contribution < 1.29 is 8.81 Å².